The predicted octanol–water partition coefficient (Wildman–Crippen LogP) is 4.34. The summed E-state index contributed by atoms with van der Waals surface area (Å²) in [4.78, 5) is 7.96. The zero-order valence-corrected chi connectivity index (χ0v) is 19.7. The Kier molecular flexibility index (Phi) is 13.3. The maximum atomic E-state index is 9.42. The molecule has 4 aromatic rings. The molecule has 0 saturated carbocycles. The molecule has 0 fully saturated rings. The number of pyridine rings is 2. The number of hydrogen-bond donors (Lipinski definition) is 3. The summed E-state index contributed by atoms with van der Waals surface area (Å²) in [7, 11) is 0. The summed E-state index contributed by atoms with van der Waals surface area (Å²) in [5.74, 6) is 0.212. The first-order valence-electron chi connectivity index (χ1n) is 9.19. The van der Waals surface area contributed by atoms with Crippen molar-refractivity contribution >= 4 is 21.8 Å². The van der Waals surface area contributed by atoms with Crippen LogP contribution < -0.4 is 0 Å². The summed E-state index contributed by atoms with van der Waals surface area (Å²) in [6, 6.07) is 20.9. The molecule has 0 saturated heterocycles. The Morgan fingerprint density at radius 2 is 1.09 bits per heavy atom. The molecule has 0 radical (unpaired) electrons. The van der Waals surface area contributed by atoms with Crippen molar-refractivity contribution in [3.05, 3.63) is 79.5 Å². The van der Waals surface area contributed by atoms with Gasteiger partial charge in [0, 0.05) is 16.9 Å². The number of para-hydroxylation sites is 2. The van der Waals surface area contributed by atoms with Crippen LogP contribution in [0.2, 0.25) is 0 Å². The third-order valence-electron chi connectivity index (χ3n) is 3.63. The van der Waals surface area contributed by atoms with Crippen LogP contribution in [-0.4, -0.2) is 31.4 Å². The predicted molar refractivity (Wildman–Crippen MR) is 121 cm³/mol. The van der Waals surface area contributed by atoms with E-state index in [1.54, 1.807) is 62.4 Å². The monoisotopic (exact) mass is 482 g/mol. The standard InChI is InChI=1S/2C10H6N2O.C3H8O.CH3.O.V/c2*11-6-8-5-4-7-2-1-3-9(13)10(7)12-8;1-3(2)4;;;/h2*1-5,13H;3-4H,1-2H3;1H3;;/q;;;-1;;. The van der Waals surface area contributed by atoms with Crippen molar-refractivity contribution in [2.75, 3.05) is 0 Å². The van der Waals surface area contributed by atoms with E-state index in [4.69, 9.17) is 19.3 Å². The maximum absolute atomic E-state index is 9.42. The molecule has 4 rings (SSSR count). The number of nitrogens with zero attached hydrogens (tertiary/aromatic N) is 4. The number of aromatic hydroxyl groups is 2. The second kappa shape index (κ2) is 15.1. The summed E-state index contributed by atoms with van der Waals surface area (Å²) >= 11 is 1.06. The molecule has 8 nitrogen and oxygen atoms in total. The van der Waals surface area contributed by atoms with E-state index in [1.165, 1.54) is 0 Å². The number of nitriles is 2. The number of aliphatic hydroxyl groups is 1. The van der Waals surface area contributed by atoms with Gasteiger partial charge in [-0.05, 0) is 50.2 Å². The van der Waals surface area contributed by atoms with E-state index in [-0.39, 0.29) is 25.0 Å². The number of aromatic nitrogens is 2. The van der Waals surface area contributed by atoms with E-state index < -0.39 is 0 Å². The van der Waals surface area contributed by atoms with Gasteiger partial charge in [0.2, 0.25) is 0 Å². The fourth-order valence-electron chi connectivity index (χ4n) is 2.39. The van der Waals surface area contributed by atoms with Crippen LogP contribution in [0.25, 0.3) is 21.8 Å². The number of phenols is 2. The first-order chi connectivity index (χ1) is 15.3. The molecule has 0 spiro atoms. The Hall–Kier alpha value is -3.82. The third kappa shape index (κ3) is 9.06. The van der Waals surface area contributed by atoms with Crippen LogP contribution in [-0.2, 0) is 21.0 Å². The van der Waals surface area contributed by atoms with Crippen molar-refractivity contribution in [2.45, 2.75) is 20.0 Å². The van der Waals surface area contributed by atoms with Gasteiger partial charge in [-0.15, -0.1) is 0 Å². The molecule has 33 heavy (non-hydrogen) atoms. The van der Waals surface area contributed by atoms with Crippen LogP contribution in [0.5, 0.6) is 11.5 Å². The topological polar surface area (TPSA) is 151 Å². The van der Waals surface area contributed by atoms with Gasteiger partial charge in [-0.3, -0.25) is 0 Å². The second-order valence-electron chi connectivity index (χ2n) is 6.41. The number of phenolic OH excluding ortho intramolecular Hbond substituents is 2. The first kappa shape index (κ1) is 29.2. The van der Waals surface area contributed by atoms with Gasteiger partial charge >= 0.3 is 21.0 Å². The van der Waals surface area contributed by atoms with Gasteiger partial charge in [-0.25, -0.2) is 9.97 Å². The van der Waals surface area contributed by atoms with Gasteiger partial charge in [0.05, 0.1) is 0 Å². The summed E-state index contributed by atoms with van der Waals surface area (Å²) < 4.78 is 8.19. The minimum atomic E-state index is -0.167. The van der Waals surface area contributed by atoms with Gasteiger partial charge in [0.15, 0.2) is 0 Å². The van der Waals surface area contributed by atoms with Crippen LogP contribution in [0.4, 0.5) is 0 Å². The molecule has 9 heteroatoms. The molecule has 0 unspecified atom stereocenters. The van der Waals surface area contributed by atoms with E-state index in [9.17, 15) is 10.2 Å². The summed E-state index contributed by atoms with van der Waals surface area (Å²) in [6.45, 7) is 3.44. The van der Waals surface area contributed by atoms with E-state index in [0.29, 0.717) is 22.4 Å². The quantitative estimate of drug-likeness (QED) is 0.313. The van der Waals surface area contributed by atoms with Crippen molar-refractivity contribution in [3.8, 4) is 23.6 Å². The van der Waals surface area contributed by atoms with E-state index in [1.807, 2.05) is 24.3 Å². The molecular weight excluding hydrogens is 459 g/mol. The number of benzene rings is 2. The molecule has 2 aromatic heterocycles. The first-order valence-corrected chi connectivity index (χ1v) is 9.76. The van der Waals surface area contributed by atoms with Crippen molar-refractivity contribution in [1.29, 1.82) is 10.5 Å². The SMILES string of the molecule is CC(C)O.N#Cc1ccc2cccc(O)c2n1.N#Cc1ccc2cccc(O)c2n1.[CH3-].[O]=[V]. The number of hydrogen-bond acceptors (Lipinski definition) is 8. The summed E-state index contributed by atoms with van der Waals surface area (Å²) in [5, 5.41) is 45.7. The third-order valence-corrected chi connectivity index (χ3v) is 3.63. The Bertz CT molecular complexity index is 1170. The van der Waals surface area contributed by atoms with Gasteiger partial charge < -0.3 is 22.7 Å². The van der Waals surface area contributed by atoms with Crippen molar-refractivity contribution in [3.63, 3.8) is 0 Å². The Morgan fingerprint density at radius 3 is 1.39 bits per heavy atom. The Balaban J connectivity index is 0.000000491. The van der Waals surface area contributed by atoms with Crippen LogP contribution in [0, 0.1) is 30.1 Å². The van der Waals surface area contributed by atoms with E-state index in [2.05, 4.69) is 9.97 Å². The van der Waals surface area contributed by atoms with Crippen LogP contribution in [0.3, 0.4) is 0 Å². The van der Waals surface area contributed by atoms with Crippen LogP contribution in [0.1, 0.15) is 25.2 Å². The molecule has 0 bridgehead atoms. The molecule has 0 atom stereocenters. The second-order valence-corrected chi connectivity index (χ2v) is 6.41. The molecule has 0 aliphatic carbocycles. The van der Waals surface area contributed by atoms with Gasteiger partial charge in [0.1, 0.15) is 46.1 Å². The molecule has 169 valence electrons. The fraction of sp³-hybridized carbons (Fsp3) is 0.125. The van der Waals surface area contributed by atoms with Gasteiger partial charge in [0.25, 0.3) is 0 Å². The average Bonchev–Trinajstić information content (AvgIpc) is 2.80. The molecular formula is C24H23N4O4V-. The molecule has 0 amide bonds. The fourth-order valence-corrected chi connectivity index (χ4v) is 2.39. The van der Waals surface area contributed by atoms with Crippen molar-refractivity contribution in [2.24, 2.45) is 0 Å². The molecule has 0 aliphatic heterocycles. The molecule has 2 heterocycles. The van der Waals surface area contributed by atoms with E-state index >= 15 is 0 Å². The van der Waals surface area contributed by atoms with Crippen molar-refractivity contribution in [1.82, 2.24) is 9.97 Å². The Labute approximate surface area is 201 Å². The summed E-state index contributed by atoms with van der Waals surface area (Å²) in [6.07, 6.45) is -0.167. The van der Waals surface area contributed by atoms with Crippen LogP contribution >= 0.6 is 0 Å². The zero-order valence-electron chi connectivity index (χ0n) is 18.3. The number of aliphatic hydroxyl groups excluding tert-OH is 1. The summed E-state index contributed by atoms with van der Waals surface area (Å²) in [5.41, 5.74) is 1.58. The van der Waals surface area contributed by atoms with Crippen molar-refractivity contribution < 1.29 is 36.4 Å². The number of rotatable bonds is 0. The zero-order chi connectivity index (χ0) is 24.1. The average molecular weight is 482 g/mol. The van der Waals surface area contributed by atoms with Crippen LogP contribution in [0.15, 0.2) is 60.7 Å². The normalized spacial score (nSPS) is 8.88. The molecule has 0 aliphatic rings. The van der Waals surface area contributed by atoms with Gasteiger partial charge in [-0.2, -0.15) is 10.5 Å². The molecule has 3 N–H and O–H groups in total. The number of fused-ring (bicyclic) bond motifs is 2. The molecule has 2 aromatic carbocycles. The Morgan fingerprint density at radius 1 is 0.758 bits per heavy atom. The van der Waals surface area contributed by atoms with E-state index in [0.717, 1.165) is 28.1 Å². The minimum absolute atomic E-state index is 0. The van der Waals surface area contributed by atoms with Gasteiger partial charge in [-0.1, -0.05) is 24.3 Å².